The number of esters is 1. The number of phosphoric ester groups is 1. The molecule has 3 atom stereocenters. The summed E-state index contributed by atoms with van der Waals surface area (Å²) in [6.45, 7) is 1.40. The second kappa shape index (κ2) is 30.1. The number of hydrogen-bond acceptors (Lipinski definition) is 8. The molecule has 1 amide bonds. The molecule has 3 unspecified atom stereocenters. The lowest BCUT2D eigenvalue weighted by Gasteiger charge is -2.18. The Morgan fingerprint density at radius 1 is 0.717 bits per heavy atom. The highest BCUT2D eigenvalue weighted by Crippen LogP contribution is 2.43. The van der Waals surface area contributed by atoms with Crippen LogP contribution in [0.25, 0.3) is 0 Å². The van der Waals surface area contributed by atoms with E-state index in [0.29, 0.717) is 6.42 Å². The minimum atomic E-state index is -4.70. The van der Waals surface area contributed by atoms with Gasteiger partial charge in [0.15, 0.2) is 6.04 Å². The number of carbonyl (C=O) groups is 3. The van der Waals surface area contributed by atoms with E-state index in [1.807, 2.05) is 5.32 Å². The van der Waals surface area contributed by atoms with Gasteiger partial charge in [0.2, 0.25) is 5.91 Å². The Kier molecular flexibility index (Phi) is 28.6. The van der Waals surface area contributed by atoms with Gasteiger partial charge in [0.05, 0.1) is 13.2 Å². The Labute approximate surface area is 276 Å². The molecular weight excluding hydrogens is 613 g/mol. The van der Waals surface area contributed by atoms with Crippen molar-refractivity contribution in [2.75, 3.05) is 19.8 Å². The van der Waals surface area contributed by atoms with Gasteiger partial charge in [-0.15, -0.1) is 0 Å². The maximum absolute atomic E-state index is 11.9. The zero-order chi connectivity index (χ0) is 34.3. The van der Waals surface area contributed by atoms with Crippen LogP contribution in [0.15, 0.2) is 36.5 Å². The summed E-state index contributed by atoms with van der Waals surface area (Å²) in [6, 6.07) is -1.55. The first-order valence-corrected chi connectivity index (χ1v) is 18.5. The highest BCUT2D eigenvalue weighted by atomic mass is 31.2. The Bertz CT molecular complexity index is 937. The lowest BCUT2D eigenvalue weighted by atomic mass is 10.1. The van der Waals surface area contributed by atoms with Crippen LogP contribution in [0.2, 0.25) is 0 Å². The van der Waals surface area contributed by atoms with Crippen LogP contribution in [0.4, 0.5) is 0 Å². The number of ether oxygens (including phenoxy) is 1. The molecule has 12 heteroatoms. The number of carboxylic acids is 1. The molecular formula is C34H60NO10P. The number of aliphatic hydroxyl groups is 1. The molecule has 0 aromatic rings. The number of aliphatic hydroxyl groups excluding tert-OH is 1. The maximum atomic E-state index is 11.9. The lowest BCUT2D eigenvalue weighted by molar-refractivity contribution is -0.147. The molecule has 0 aliphatic rings. The van der Waals surface area contributed by atoms with Crippen LogP contribution >= 0.6 is 7.82 Å². The van der Waals surface area contributed by atoms with Gasteiger partial charge >= 0.3 is 19.8 Å². The smallest absolute Gasteiger partial charge is 0.472 e. The standard InChI is InChI=1S/C34H60NO10P/c1-3-4-5-6-7-8-9-10-11-12-13-14-15-16-17-18-19-20-21-22-23-24-25-26-33(38)43-27-31(37)28-44-46(41,42)45-29-32(34(39)40)35-30(2)36/h7-8,10-11,13-14,31-32,37H,3-6,9,12,15-29H2,1-2H3,(H,35,36)(H,39,40)(H,41,42)/b8-7-,11-10-,14-13-. The molecule has 0 aromatic carbocycles. The summed E-state index contributed by atoms with van der Waals surface area (Å²) in [6.07, 6.45) is 32.0. The third-order valence-electron chi connectivity index (χ3n) is 6.97. The van der Waals surface area contributed by atoms with E-state index in [0.717, 1.165) is 45.4 Å². The van der Waals surface area contributed by atoms with E-state index in [1.54, 1.807) is 0 Å². The zero-order valence-corrected chi connectivity index (χ0v) is 29.0. The summed E-state index contributed by atoms with van der Waals surface area (Å²) >= 11 is 0. The molecule has 0 radical (unpaired) electrons. The van der Waals surface area contributed by atoms with Gasteiger partial charge in [0, 0.05) is 13.3 Å². The number of unbranched alkanes of at least 4 members (excludes halogenated alkanes) is 13. The van der Waals surface area contributed by atoms with E-state index < -0.39 is 57.6 Å². The number of carboxylic acid groups (broad SMARTS) is 1. The van der Waals surface area contributed by atoms with Crippen LogP contribution in [0.1, 0.15) is 129 Å². The fraction of sp³-hybridized carbons (Fsp3) is 0.735. The van der Waals surface area contributed by atoms with E-state index in [4.69, 9.17) is 9.84 Å². The van der Waals surface area contributed by atoms with Gasteiger partial charge in [0.1, 0.15) is 12.7 Å². The van der Waals surface area contributed by atoms with Crippen LogP contribution < -0.4 is 5.32 Å². The van der Waals surface area contributed by atoms with Crippen molar-refractivity contribution in [3.05, 3.63) is 36.5 Å². The SMILES string of the molecule is CCCCC/C=C\C/C=C\C/C=C\CCCCCCCCCCCCC(=O)OCC(O)COP(=O)(O)OCC(NC(C)=O)C(=O)O. The second-order valence-electron chi connectivity index (χ2n) is 11.4. The van der Waals surface area contributed by atoms with Crippen molar-refractivity contribution in [2.45, 2.75) is 142 Å². The van der Waals surface area contributed by atoms with Crippen molar-refractivity contribution in [2.24, 2.45) is 0 Å². The van der Waals surface area contributed by atoms with Crippen LogP contribution in [0, 0.1) is 0 Å². The fourth-order valence-electron chi connectivity index (χ4n) is 4.35. The van der Waals surface area contributed by atoms with Crippen LogP contribution in [0.3, 0.4) is 0 Å². The number of phosphoric acid groups is 1. The number of allylic oxidation sites excluding steroid dienone is 6. The first-order chi connectivity index (χ1) is 22.1. The molecule has 266 valence electrons. The average molecular weight is 674 g/mol. The van der Waals surface area contributed by atoms with Crippen molar-refractivity contribution >= 4 is 25.7 Å². The predicted molar refractivity (Wildman–Crippen MR) is 180 cm³/mol. The minimum absolute atomic E-state index is 0.218. The van der Waals surface area contributed by atoms with Gasteiger partial charge in [-0.05, 0) is 44.9 Å². The van der Waals surface area contributed by atoms with E-state index >= 15 is 0 Å². The molecule has 0 aromatic heterocycles. The zero-order valence-electron chi connectivity index (χ0n) is 28.1. The average Bonchev–Trinajstić information content (AvgIpc) is 3.01. The van der Waals surface area contributed by atoms with Crippen molar-refractivity contribution in [3.8, 4) is 0 Å². The normalized spacial score (nSPS) is 14.5. The van der Waals surface area contributed by atoms with Crippen molar-refractivity contribution in [3.63, 3.8) is 0 Å². The molecule has 0 bridgehead atoms. The summed E-state index contributed by atoms with van der Waals surface area (Å²) in [4.78, 5) is 43.5. The topological polar surface area (TPSA) is 169 Å². The molecule has 4 N–H and O–H groups in total. The summed E-state index contributed by atoms with van der Waals surface area (Å²) in [7, 11) is -4.70. The number of amides is 1. The number of rotatable bonds is 31. The molecule has 0 heterocycles. The van der Waals surface area contributed by atoms with Crippen LogP contribution in [-0.4, -0.2) is 64.9 Å². The molecule has 0 spiro atoms. The van der Waals surface area contributed by atoms with E-state index in [1.165, 1.54) is 64.2 Å². The van der Waals surface area contributed by atoms with Gasteiger partial charge < -0.3 is 25.2 Å². The molecule has 46 heavy (non-hydrogen) atoms. The highest BCUT2D eigenvalue weighted by molar-refractivity contribution is 7.47. The molecule has 0 rings (SSSR count). The van der Waals surface area contributed by atoms with Crippen LogP contribution in [0.5, 0.6) is 0 Å². The Hall–Kier alpha value is -2.30. The molecule has 0 saturated heterocycles. The number of carbonyl (C=O) groups excluding carboxylic acids is 2. The number of nitrogens with one attached hydrogen (secondary N) is 1. The van der Waals surface area contributed by atoms with Gasteiger partial charge in [-0.3, -0.25) is 18.6 Å². The van der Waals surface area contributed by atoms with E-state index in [-0.39, 0.29) is 6.42 Å². The minimum Gasteiger partial charge on any atom is -0.480 e. The molecule has 11 nitrogen and oxygen atoms in total. The monoisotopic (exact) mass is 673 g/mol. The third kappa shape index (κ3) is 30.4. The number of aliphatic carboxylic acids is 1. The molecule has 0 fully saturated rings. The molecule has 0 aliphatic carbocycles. The Morgan fingerprint density at radius 2 is 1.20 bits per heavy atom. The van der Waals surface area contributed by atoms with E-state index in [2.05, 4.69) is 52.4 Å². The Morgan fingerprint density at radius 3 is 1.72 bits per heavy atom. The summed E-state index contributed by atoms with van der Waals surface area (Å²) in [5.41, 5.74) is 0. The van der Waals surface area contributed by atoms with Crippen molar-refractivity contribution in [1.82, 2.24) is 5.32 Å². The summed E-state index contributed by atoms with van der Waals surface area (Å²) in [5, 5.41) is 20.9. The van der Waals surface area contributed by atoms with Crippen molar-refractivity contribution in [1.29, 1.82) is 0 Å². The maximum Gasteiger partial charge on any atom is 0.472 e. The predicted octanol–water partition coefficient (Wildman–Crippen LogP) is 7.32. The first-order valence-electron chi connectivity index (χ1n) is 17.0. The summed E-state index contributed by atoms with van der Waals surface area (Å²) in [5.74, 6) is -2.60. The highest BCUT2D eigenvalue weighted by Gasteiger charge is 2.28. The largest absolute Gasteiger partial charge is 0.480 e. The van der Waals surface area contributed by atoms with Crippen molar-refractivity contribution < 1.29 is 47.8 Å². The second-order valence-corrected chi connectivity index (χ2v) is 12.9. The first kappa shape index (κ1) is 43.7. The third-order valence-corrected chi connectivity index (χ3v) is 7.92. The summed E-state index contributed by atoms with van der Waals surface area (Å²) < 4.78 is 26.0. The van der Waals surface area contributed by atoms with Gasteiger partial charge in [-0.2, -0.15) is 0 Å². The Balaban J connectivity index is 3.64. The van der Waals surface area contributed by atoms with E-state index in [9.17, 15) is 28.9 Å². The fourth-order valence-corrected chi connectivity index (χ4v) is 5.12. The van der Waals surface area contributed by atoms with Gasteiger partial charge in [0.25, 0.3) is 0 Å². The van der Waals surface area contributed by atoms with Gasteiger partial charge in [-0.1, -0.05) is 108 Å². The lowest BCUT2D eigenvalue weighted by Crippen LogP contribution is -2.42. The quantitative estimate of drug-likeness (QED) is 0.0253. The molecule has 0 saturated carbocycles. The van der Waals surface area contributed by atoms with Crippen LogP contribution in [-0.2, 0) is 32.7 Å². The number of hydrogen-bond donors (Lipinski definition) is 4. The molecule has 0 aliphatic heterocycles. The van der Waals surface area contributed by atoms with Gasteiger partial charge in [-0.25, -0.2) is 9.36 Å².